The molecule has 198 valence electrons. The SMILES string of the molecule is CC1=C(NC(=O)c2cc(C(F)(F)F)nn2-c2ncccc2Cl)C(C(=O)NC(C)C)=CC2OC(F)(F)OC12. The Balaban J connectivity index is 1.78. The number of halogens is 6. The molecule has 0 saturated carbocycles. The number of nitrogens with one attached hydrogen (secondary N) is 2. The highest BCUT2D eigenvalue weighted by atomic mass is 35.5. The minimum atomic E-state index is -4.92. The number of carbonyl (C=O) groups excluding carboxylic acids is 2. The second-order valence-corrected chi connectivity index (χ2v) is 8.85. The van der Waals surface area contributed by atoms with Gasteiger partial charge in [0.15, 0.2) is 11.5 Å². The Morgan fingerprint density at radius 3 is 2.54 bits per heavy atom. The maximum absolute atomic E-state index is 13.8. The van der Waals surface area contributed by atoms with E-state index in [-0.39, 0.29) is 33.7 Å². The largest absolute Gasteiger partial charge is 0.486 e. The van der Waals surface area contributed by atoms with E-state index in [4.69, 9.17) is 11.6 Å². The highest BCUT2D eigenvalue weighted by Gasteiger charge is 2.52. The topological polar surface area (TPSA) is 107 Å². The number of ether oxygens (including phenoxy) is 2. The van der Waals surface area contributed by atoms with E-state index < -0.39 is 47.9 Å². The summed E-state index contributed by atoms with van der Waals surface area (Å²) in [6, 6.07) is 2.87. The van der Waals surface area contributed by atoms with Gasteiger partial charge in [0.25, 0.3) is 11.8 Å². The van der Waals surface area contributed by atoms with Crippen LogP contribution >= 0.6 is 11.6 Å². The Morgan fingerprint density at radius 1 is 1.22 bits per heavy atom. The Bertz CT molecular complexity index is 1320. The molecule has 1 saturated heterocycles. The van der Waals surface area contributed by atoms with Gasteiger partial charge in [0.2, 0.25) is 0 Å². The maximum Gasteiger partial charge on any atom is 0.486 e. The molecule has 2 atom stereocenters. The average molecular weight is 548 g/mol. The van der Waals surface area contributed by atoms with Gasteiger partial charge in [-0.1, -0.05) is 11.6 Å². The van der Waals surface area contributed by atoms with E-state index >= 15 is 0 Å². The van der Waals surface area contributed by atoms with Crippen LogP contribution < -0.4 is 10.6 Å². The minimum Gasteiger partial charge on any atom is -0.350 e. The monoisotopic (exact) mass is 547 g/mol. The lowest BCUT2D eigenvalue weighted by Crippen LogP contribution is -2.40. The first-order valence-electron chi connectivity index (χ1n) is 10.7. The first-order chi connectivity index (χ1) is 17.2. The summed E-state index contributed by atoms with van der Waals surface area (Å²) >= 11 is 6.07. The summed E-state index contributed by atoms with van der Waals surface area (Å²) in [4.78, 5) is 30.0. The first-order valence-corrected chi connectivity index (χ1v) is 11.1. The number of nitrogens with zero attached hydrogens (tertiary/aromatic N) is 3. The van der Waals surface area contributed by atoms with E-state index in [0.29, 0.717) is 10.7 Å². The normalized spacial score (nSPS) is 21.1. The van der Waals surface area contributed by atoms with E-state index in [1.165, 1.54) is 25.3 Å². The molecule has 0 bridgehead atoms. The zero-order valence-electron chi connectivity index (χ0n) is 19.4. The predicted octanol–water partition coefficient (Wildman–Crippen LogP) is 3.74. The third-order valence-corrected chi connectivity index (χ3v) is 5.63. The zero-order chi connectivity index (χ0) is 27.3. The fourth-order valence-electron chi connectivity index (χ4n) is 3.77. The van der Waals surface area contributed by atoms with Crippen LogP contribution in [0.1, 0.15) is 37.0 Å². The van der Waals surface area contributed by atoms with Gasteiger partial charge in [-0.25, -0.2) is 9.67 Å². The van der Waals surface area contributed by atoms with E-state index in [9.17, 15) is 31.5 Å². The molecule has 0 radical (unpaired) electrons. The van der Waals surface area contributed by atoms with Crippen molar-refractivity contribution in [1.82, 2.24) is 25.4 Å². The van der Waals surface area contributed by atoms with Crippen molar-refractivity contribution in [1.29, 1.82) is 0 Å². The predicted molar refractivity (Wildman–Crippen MR) is 118 cm³/mol. The summed E-state index contributed by atoms with van der Waals surface area (Å²) in [5.41, 5.74) is -2.52. The summed E-state index contributed by atoms with van der Waals surface area (Å²) in [5.74, 6) is -2.15. The molecular weight excluding hydrogens is 529 g/mol. The summed E-state index contributed by atoms with van der Waals surface area (Å²) in [6.07, 6.45) is -9.31. The van der Waals surface area contributed by atoms with Gasteiger partial charge in [0.1, 0.15) is 17.9 Å². The third kappa shape index (κ3) is 5.36. The number of hydrogen-bond acceptors (Lipinski definition) is 6. The number of hydrogen-bond donors (Lipinski definition) is 2. The Morgan fingerprint density at radius 2 is 1.92 bits per heavy atom. The highest BCUT2D eigenvalue weighted by Crippen LogP contribution is 2.40. The second-order valence-electron chi connectivity index (χ2n) is 8.44. The van der Waals surface area contributed by atoms with Crippen LogP contribution in [0, 0.1) is 0 Å². The lowest BCUT2D eigenvalue weighted by atomic mass is 9.91. The zero-order valence-corrected chi connectivity index (χ0v) is 20.1. The quantitative estimate of drug-likeness (QED) is 0.552. The van der Waals surface area contributed by atoms with Crippen molar-refractivity contribution in [3.63, 3.8) is 0 Å². The first kappa shape index (κ1) is 26.7. The van der Waals surface area contributed by atoms with Crippen LogP contribution in [-0.2, 0) is 20.4 Å². The number of rotatable bonds is 5. The molecule has 0 spiro atoms. The molecule has 2 amide bonds. The Hall–Kier alpha value is -3.36. The molecule has 0 aromatic carbocycles. The van der Waals surface area contributed by atoms with Crippen molar-refractivity contribution >= 4 is 23.4 Å². The Labute approximate surface area is 211 Å². The highest BCUT2D eigenvalue weighted by molar-refractivity contribution is 6.32. The molecule has 2 aliphatic rings. The lowest BCUT2D eigenvalue weighted by Gasteiger charge is -2.26. The van der Waals surface area contributed by atoms with Crippen molar-refractivity contribution < 1.29 is 41.0 Å². The van der Waals surface area contributed by atoms with E-state index in [1.54, 1.807) is 13.8 Å². The van der Waals surface area contributed by atoms with Crippen LogP contribution in [-0.4, -0.2) is 51.1 Å². The van der Waals surface area contributed by atoms with Crippen molar-refractivity contribution in [3.8, 4) is 5.82 Å². The van der Waals surface area contributed by atoms with Crippen molar-refractivity contribution in [2.75, 3.05) is 0 Å². The van der Waals surface area contributed by atoms with Crippen LogP contribution in [0.4, 0.5) is 22.0 Å². The molecular formula is C22H19ClF5N5O4. The van der Waals surface area contributed by atoms with E-state index in [1.807, 2.05) is 0 Å². The Kier molecular flexibility index (Phi) is 6.86. The van der Waals surface area contributed by atoms with Crippen LogP contribution in [0.25, 0.3) is 5.82 Å². The van der Waals surface area contributed by atoms with Gasteiger partial charge in [0, 0.05) is 18.3 Å². The molecule has 37 heavy (non-hydrogen) atoms. The number of fused-ring (bicyclic) bond motifs is 1. The van der Waals surface area contributed by atoms with Crippen molar-refractivity contribution in [2.45, 2.75) is 51.5 Å². The maximum atomic E-state index is 13.8. The van der Waals surface area contributed by atoms with E-state index in [0.717, 1.165) is 6.08 Å². The second kappa shape index (κ2) is 9.50. The molecule has 1 aliphatic carbocycles. The van der Waals surface area contributed by atoms with Gasteiger partial charge < -0.3 is 10.6 Å². The van der Waals surface area contributed by atoms with Crippen LogP contribution in [0.5, 0.6) is 0 Å². The number of amides is 2. The summed E-state index contributed by atoms with van der Waals surface area (Å²) in [6.45, 7) is 4.62. The molecule has 1 fully saturated rings. The van der Waals surface area contributed by atoms with Crippen LogP contribution in [0.3, 0.4) is 0 Å². The standard InChI is InChI=1S/C22H19ClF5N5O4/c1-9(2)30-19(34)11-7-14-17(37-22(27,28)36-14)10(3)16(11)31-20(35)13-8-15(21(24,25)26)32-33(13)18-12(23)5-4-6-29-18/h4-9,14,17H,1-3H3,(H,30,34)(H,31,35). The van der Waals surface area contributed by atoms with Crippen LogP contribution in [0.15, 0.2) is 47.3 Å². The molecule has 9 nitrogen and oxygen atoms in total. The van der Waals surface area contributed by atoms with Gasteiger partial charge in [-0.15, -0.1) is 8.78 Å². The molecule has 3 heterocycles. The fourth-order valence-corrected chi connectivity index (χ4v) is 3.97. The van der Waals surface area contributed by atoms with Crippen LogP contribution in [0.2, 0.25) is 5.02 Å². The smallest absolute Gasteiger partial charge is 0.350 e. The summed E-state index contributed by atoms with van der Waals surface area (Å²) in [7, 11) is 0. The van der Waals surface area contributed by atoms with Crippen molar-refractivity contribution in [3.05, 3.63) is 63.7 Å². The molecule has 4 rings (SSSR count). The summed E-state index contributed by atoms with van der Waals surface area (Å²) in [5, 5.41) is 8.27. The van der Waals surface area contributed by atoms with Crippen molar-refractivity contribution in [2.24, 2.45) is 0 Å². The summed E-state index contributed by atoms with van der Waals surface area (Å²) < 4.78 is 77.7. The fraction of sp³-hybridized carbons (Fsp3) is 0.364. The number of carbonyl (C=O) groups is 2. The average Bonchev–Trinajstić information content (AvgIpc) is 3.36. The number of aromatic nitrogens is 3. The molecule has 2 N–H and O–H groups in total. The van der Waals surface area contributed by atoms with Gasteiger partial charge in [-0.2, -0.15) is 18.3 Å². The van der Waals surface area contributed by atoms with Gasteiger partial charge in [-0.05, 0) is 44.6 Å². The number of alkyl halides is 5. The minimum absolute atomic E-state index is 0.00934. The number of pyridine rings is 1. The molecule has 2 unspecified atom stereocenters. The van der Waals surface area contributed by atoms with E-state index in [2.05, 4.69) is 30.2 Å². The van der Waals surface area contributed by atoms with Gasteiger partial charge >= 0.3 is 12.5 Å². The molecule has 1 aliphatic heterocycles. The molecule has 15 heteroatoms. The lowest BCUT2D eigenvalue weighted by molar-refractivity contribution is -0.347. The van der Waals surface area contributed by atoms with Gasteiger partial charge in [0.05, 0.1) is 16.3 Å². The third-order valence-electron chi connectivity index (χ3n) is 5.33. The molecule has 2 aromatic rings. The van der Waals surface area contributed by atoms with Gasteiger partial charge in [-0.3, -0.25) is 19.1 Å². The molecule has 2 aromatic heterocycles.